The molecular formula is C14H20BrFN2O2. The van der Waals surface area contributed by atoms with Crippen molar-refractivity contribution < 1.29 is 14.3 Å². The summed E-state index contributed by atoms with van der Waals surface area (Å²) < 4.78 is 14.3. The summed E-state index contributed by atoms with van der Waals surface area (Å²) in [4.78, 5) is 13.0. The molecule has 1 aromatic carbocycles. The second-order valence-electron chi connectivity index (χ2n) is 4.80. The molecule has 0 radical (unpaired) electrons. The number of nitrogens with zero attached hydrogens (tertiary/aromatic N) is 1. The van der Waals surface area contributed by atoms with E-state index in [0.717, 1.165) is 0 Å². The summed E-state index contributed by atoms with van der Waals surface area (Å²) in [6, 6.07) is 4.74. The summed E-state index contributed by atoms with van der Waals surface area (Å²) in [6.07, 6.45) is 0.675. The van der Waals surface area contributed by atoms with Crippen LogP contribution < -0.4 is 5.32 Å². The van der Waals surface area contributed by atoms with Crippen LogP contribution in [0.25, 0.3) is 0 Å². The molecule has 20 heavy (non-hydrogen) atoms. The maximum Gasteiger partial charge on any atom is 0.317 e. The molecule has 2 amide bonds. The molecule has 0 aliphatic carbocycles. The first-order chi connectivity index (χ1) is 9.40. The molecule has 0 saturated heterocycles. The third kappa shape index (κ3) is 5.88. The average molecular weight is 347 g/mol. The second-order valence-corrected chi connectivity index (χ2v) is 5.72. The van der Waals surface area contributed by atoms with Crippen LogP contribution in [0.15, 0.2) is 22.7 Å². The van der Waals surface area contributed by atoms with E-state index < -0.39 is 6.10 Å². The van der Waals surface area contributed by atoms with Crippen molar-refractivity contribution in [3.8, 4) is 0 Å². The van der Waals surface area contributed by atoms with Gasteiger partial charge in [-0.1, -0.05) is 22.0 Å². The van der Waals surface area contributed by atoms with E-state index in [1.807, 2.05) is 0 Å². The van der Waals surface area contributed by atoms with Gasteiger partial charge < -0.3 is 15.3 Å². The van der Waals surface area contributed by atoms with E-state index in [4.69, 9.17) is 0 Å². The molecular weight excluding hydrogens is 327 g/mol. The van der Waals surface area contributed by atoms with Gasteiger partial charge in [-0.2, -0.15) is 0 Å². The van der Waals surface area contributed by atoms with Gasteiger partial charge in [0, 0.05) is 24.6 Å². The van der Waals surface area contributed by atoms with Crippen LogP contribution in [0.5, 0.6) is 0 Å². The van der Waals surface area contributed by atoms with Crippen LogP contribution in [-0.4, -0.2) is 42.3 Å². The van der Waals surface area contributed by atoms with Crippen LogP contribution in [0.4, 0.5) is 9.18 Å². The molecule has 1 atom stereocenters. The SMILES string of the molecule is CC(O)CN(C)C(=O)NCCCc1ccc(Br)cc1F. The van der Waals surface area contributed by atoms with E-state index >= 15 is 0 Å². The lowest BCUT2D eigenvalue weighted by Gasteiger charge is -2.19. The summed E-state index contributed by atoms with van der Waals surface area (Å²) in [5.41, 5.74) is 0.639. The molecule has 0 fully saturated rings. The Bertz CT molecular complexity index is 455. The number of carbonyl (C=O) groups excluding carboxylic acids is 1. The minimum Gasteiger partial charge on any atom is -0.392 e. The molecule has 6 heteroatoms. The van der Waals surface area contributed by atoms with Crippen molar-refractivity contribution in [2.45, 2.75) is 25.9 Å². The molecule has 2 N–H and O–H groups in total. The molecule has 0 heterocycles. The van der Waals surface area contributed by atoms with Gasteiger partial charge in [-0.15, -0.1) is 0 Å². The predicted octanol–water partition coefficient (Wildman–Crippen LogP) is 2.54. The number of rotatable bonds is 6. The summed E-state index contributed by atoms with van der Waals surface area (Å²) in [6.45, 7) is 2.38. The third-order valence-corrected chi connectivity index (χ3v) is 3.29. The predicted molar refractivity (Wildman–Crippen MR) is 80.1 cm³/mol. The molecule has 1 aromatic rings. The first-order valence-corrected chi connectivity index (χ1v) is 7.30. The maximum atomic E-state index is 13.6. The van der Waals surface area contributed by atoms with E-state index in [-0.39, 0.29) is 18.4 Å². The molecule has 0 spiro atoms. The largest absolute Gasteiger partial charge is 0.392 e. The lowest BCUT2D eigenvalue weighted by molar-refractivity contribution is 0.144. The minimum atomic E-state index is -0.553. The van der Waals surface area contributed by atoms with Crippen LogP contribution >= 0.6 is 15.9 Å². The fourth-order valence-corrected chi connectivity index (χ4v) is 2.15. The molecule has 0 aliphatic rings. The van der Waals surface area contributed by atoms with Gasteiger partial charge in [0.05, 0.1) is 6.10 Å². The summed E-state index contributed by atoms with van der Waals surface area (Å²) in [5.74, 6) is -0.239. The summed E-state index contributed by atoms with van der Waals surface area (Å²) in [5, 5.41) is 11.9. The number of hydrogen-bond acceptors (Lipinski definition) is 2. The fraction of sp³-hybridized carbons (Fsp3) is 0.500. The van der Waals surface area contributed by atoms with Crippen LogP contribution in [0.1, 0.15) is 18.9 Å². The van der Waals surface area contributed by atoms with Crippen LogP contribution in [0, 0.1) is 5.82 Å². The van der Waals surface area contributed by atoms with Crippen LogP contribution in [0.2, 0.25) is 0 Å². The number of halogens is 2. The lowest BCUT2D eigenvalue weighted by Crippen LogP contribution is -2.41. The number of likely N-dealkylation sites (N-methyl/N-ethyl adjacent to an activating group) is 1. The molecule has 0 bridgehead atoms. The number of aliphatic hydroxyl groups is 1. The number of carbonyl (C=O) groups is 1. The molecule has 112 valence electrons. The Hall–Kier alpha value is -1.14. The van der Waals surface area contributed by atoms with Crippen molar-refractivity contribution in [2.75, 3.05) is 20.1 Å². The third-order valence-electron chi connectivity index (χ3n) is 2.80. The fourth-order valence-electron chi connectivity index (χ4n) is 1.81. The molecule has 1 unspecified atom stereocenters. The maximum absolute atomic E-state index is 13.6. The van der Waals surface area contributed by atoms with Crippen molar-refractivity contribution in [3.63, 3.8) is 0 Å². The summed E-state index contributed by atoms with van der Waals surface area (Å²) in [7, 11) is 1.62. The van der Waals surface area contributed by atoms with Gasteiger partial charge in [0.2, 0.25) is 0 Å². The monoisotopic (exact) mass is 346 g/mol. The van der Waals surface area contributed by atoms with Gasteiger partial charge in [-0.05, 0) is 37.5 Å². The average Bonchev–Trinajstić information content (AvgIpc) is 2.35. The zero-order chi connectivity index (χ0) is 15.1. The van der Waals surface area contributed by atoms with Gasteiger partial charge >= 0.3 is 6.03 Å². The molecule has 0 aromatic heterocycles. The Morgan fingerprint density at radius 3 is 2.85 bits per heavy atom. The Morgan fingerprint density at radius 2 is 2.25 bits per heavy atom. The Kier molecular flexibility index (Phi) is 6.95. The smallest absolute Gasteiger partial charge is 0.317 e. The Balaban J connectivity index is 2.29. The number of aliphatic hydroxyl groups excluding tert-OH is 1. The first-order valence-electron chi connectivity index (χ1n) is 6.51. The second kappa shape index (κ2) is 8.21. The zero-order valence-corrected chi connectivity index (χ0v) is 13.3. The number of urea groups is 1. The van der Waals surface area contributed by atoms with E-state index in [9.17, 15) is 14.3 Å². The molecule has 0 saturated carbocycles. The highest BCUT2D eigenvalue weighted by Gasteiger charge is 2.10. The number of aryl methyl sites for hydroxylation is 1. The number of nitrogens with one attached hydrogen (secondary N) is 1. The van der Waals surface area contributed by atoms with Crippen molar-refractivity contribution >= 4 is 22.0 Å². The van der Waals surface area contributed by atoms with E-state index in [1.54, 1.807) is 26.1 Å². The van der Waals surface area contributed by atoms with Crippen molar-refractivity contribution in [1.29, 1.82) is 0 Å². The lowest BCUT2D eigenvalue weighted by atomic mass is 10.1. The standard InChI is InChI=1S/C14H20BrFN2O2/c1-10(19)9-18(2)14(20)17-7-3-4-11-5-6-12(15)8-13(11)16/h5-6,8,10,19H,3-4,7,9H2,1-2H3,(H,17,20). The number of benzene rings is 1. The van der Waals surface area contributed by atoms with Gasteiger partial charge in [0.25, 0.3) is 0 Å². The Labute approximate surface area is 127 Å². The van der Waals surface area contributed by atoms with Crippen molar-refractivity contribution in [3.05, 3.63) is 34.1 Å². The van der Waals surface area contributed by atoms with Crippen LogP contribution in [0.3, 0.4) is 0 Å². The number of hydrogen-bond donors (Lipinski definition) is 2. The van der Waals surface area contributed by atoms with Gasteiger partial charge in [0.15, 0.2) is 0 Å². The normalized spacial score (nSPS) is 12.1. The molecule has 1 rings (SSSR count). The highest BCUT2D eigenvalue weighted by molar-refractivity contribution is 9.10. The molecule has 0 aliphatic heterocycles. The van der Waals surface area contributed by atoms with Gasteiger partial charge in [-0.3, -0.25) is 0 Å². The first kappa shape index (κ1) is 16.9. The quantitative estimate of drug-likeness (QED) is 0.777. The zero-order valence-electron chi connectivity index (χ0n) is 11.7. The summed E-state index contributed by atoms with van der Waals surface area (Å²) >= 11 is 3.21. The van der Waals surface area contributed by atoms with Gasteiger partial charge in [0.1, 0.15) is 5.82 Å². The topological polar surface area (TPSA) is 52.6 Å². The van der Waals surface area contributed by atoms with Crippen molar-refractivity contribution in [1.82, 2.24) is 10.2 Å². The Morgan fingerprint density at radius 1 is 1.55 bits per heavy atom. The minimum absolute atomic E-state index is 0.234. The van der Waals surface area contributed by atoms with E-state index in [0.29, 0.717) is 29.4 Å². The van der Waals surface area contributed by atoms with Gasteiger partial charge in [-0.25, -0.2) is 9.18 Å². The van der Waals surface area contributed by atoms with E-state index in [2.05, 4.69) is 21.2 Å². The van der Waals surface area contributed by atoms with Crippen LogP contribution in [-0.2, 0) is 6.42 Å². The van der Waals surface area contributed by atoms with Crippen molar-refractivity contribution in [2.24, 2.45) is 0 Å². The molecule has 4 nitrogen and oxygen atoms in total. The number of amides is 2. The highest BCUT2D eigenvalue weighted by atomic mass is 79.9. The highest BCUT2D eigenvalue weighted by Crippen LogP contribution is 2.16. The van der Waals surface area contributed by atoms with E-state index in [1.165, 1.54) is 11.0 Å².